The summed E-state index contributed by atoms with van der Waals surface area (Å²) in [4.78, 5) is 16.4. The number of hydrogen-bond acceptors (Lipinski definition) is 2. The number of benzene rings is 2. The summed E-state index contributed by atoms with van der Waals surface area (Å²) in [5, 5.41) is 10.3. The van der Waals surface area contributed by atoms with Crippen LogP contribution in [-0.4, -0.2) is 23.4 Å². The van der Waals surface area contributed by atoms with Gasteiger partial charge in [0, 0.05) is 0 Å². The summed E-state index contributed by atoms with van der Waals surface area (Å²) in [5.41, 5.74) is 4.03. The Morgan fingerprint density at radius 2 is 1.53 bits per heavy atom. The molecule has 2 aromatic carbocycles. The Morgan fingerprint density at radius 1 is 1.05 bits per heavy atom. The highest BCUT2D eigenvalue weighted by Gasteiger charge is 2.35. The van der Waals surface area contributed by atoms with E-state index in [9.17, 15) is 9.90 Å². The van der Waals surface area contributed by atoms with Gasteiger partial charge in [0.05, 0.1) is 7.11 Å². The Kier molecular flexibility index (Phi) is 2.72. The summed E-state index contributed by atoms with van der Waals surface area (Å²) in [6.45, 7) is 0. The number of hydrogen-bond donors (Lipinski definition) is 1. The summed E-state index contributed by atoms with van der Waals surface area (Å²) in [6, 6.07) is 15.2. The van der Waals surface area contributed by atoms with Crippen molar-refractivity contribution in [3.63, 3.8) is 0 Å². The van der Waals surface area contributed by atoms with E-state index in [0.717, 1.165) is 27.3 Å². The Morgan fingerprint density at radius 3 is 1.95 bits per heavy atom. The molecule has 0 bridgehead atoms. The van der Waals surface area contributed by atoms with Gasteiger partial charge in [-0.05, 0) is 22.3 Å². The van der Waals surface area contributed by atoms with Crippen LogP contribution in [0.3, 0.4) is 0 Å². The average molecular weight is 255 g/mol. The zero-order valence-electron chi connectivity index (χ0n) is 10.4. The van der Waals surface area contributed by atoms with E-state index in [2.05, 4.69) is 0 Å². The van der Waals surface area contributed by atoms with Gasteiger partial charge < -0.3 is 5.11 Å². The van der Waals surface area contributed by atoms with Crippen LogP contribution in [0.2, 0.25) is 0 Å². The van der Waals surface area contributed by atoms with Crippen LogP contribution in [0.25, 0.3) is 11.1 Å². The minimum absolute atomic E-state index is 0.408. The third-order valence-corrected chi connectivity index (χ3v) is 3.42. The van der Waals surface area contributed by atoms with E-state index >= 15 is 0 Å². The van der Waals surface area contributed by atoms with Crippen LogP contribution in [-0.2, 0) is 4.84 Å². The highest BCUT2D eigenvalue weighted by Crippen LogP contribution is 2.46. The number of rotatable bonds is 2. The fourth-order valence-corrected chi connectivity index (χ4v) is 2.68. The highest BCUT2D eigenvalue weighted by atomic mass is 16.7. The molecule has 0 unspecified atom stereocenters. The maximum Gasteiger partial charge on any atom is 0.432 e. The topological polar surface area (TPSA) is 49.8 Å². The molecule has 4 nitrogen and oxygen atoms in total. The van der Waals surface area contributed by atoms with Crippen molar-refractivity contribution in [2.24, 2.45) is 0 Å². The van der Waals surface area contributed by atoms with Gasteiger partial charge >= 0.3 is 6.09 Å². The van der Waals surface area contributed by atoms with Gasteiger partial charge in [0.15, 0.2) is 0 Å². The summed E-state index contributed by atoms with van der Waals surface area (Å²) < 4.78 is 0. The first-order valence-electron chi connectivity index (χ1n) is 5.98. The molecule has 1 aliphatic carbocycles. The first kappa shape index (κ1) is 11.7. The van der Waals surface area contributed by atoms with Crippen molar-refractivity contribution in [2.45, 2.75) is 6.04 Å². The molecule has 1 aliphatic rings. The van der Waals surface area contributed by atoms with Gasteiger partial charge in [-0.3, -0.25) is 4.84 Å². The lowest BCUT2D eigenvalue weighted by Gasteiger charge is -2.24. The van der Waals surface area contributed by atoms with Crippen molar-refractivity contribution in [3.05, 3.63) is 59.7 Å². The van der Waals surface area contributed by atoms with E-state index < -0.39 is 12.1 Å². The van der Waals surface area contributed by atoms with Crippen molar-refractivity contribution in [1.29, 1.82) is 0 Å². The molecule has 0 saturated carbocycles. The minimum Gasteiger partial charge on any atom is -0.463 e. The lowest BCUT2D eigenvalue weighted by molar-refractivity contribution is -0.122. The predicted octanol–water partition coefficient (Wildman–Crippen LogP) is 3.30. The van der Waals surface area contributed by atoms with Crippen molar-refractivity contribution >= 4 is 6.09 Å². The van der Waals surface area contributed by atoms with Gasteiger partial charge in [0.25, 0.3) is 0 Å². The monoisotopic (exact) mass is 255 g/mol. The molecule has 0 spiro atoms. The molecule has 1 amide bonds. The number of fused-ring (bicyclic) bond motifs is 3. The molecule has 0 atom stereocenters. The molecular formula is C15H13NO3. The summed E-state index contributed by atoms with van der Waals surface area (Å²) >= 11 is 0. The van der Waals surface area contributed by atoms with E-state index in [1.54, 1.807) is 0 Å². The molecule has 4 heteroatoms. The number of carbonyl (C=O) groups is 1. The Labute approximate surface area is 110 Å². The van der Waals surface area contributed by atoms with E-state index in [1.165, 1.54) is 7.11 Å². The third kappa shape index (κ3) is 1.69. The van der Waals surface area contributed by atoms with Crippen molar-refractivity contribution < 1.29 is 14.7 Å². The van der Waals surface area contributed by atoms with Crippen molar-refractivity contribution in [2.75, 3.05) is 7.11 Å². The summed E-state index contributed by atoms with van der Waals surface area (Å²) in [7, 11) is 1.37. The first-order chi connectivity index (χ1) is 9.24. The second kappa shape index (κ2) is 4.40. The van der Waals surface area contributed by atoms with E-state index in [4.69, 9.17) is 4.84 Å². The Bertz CT molecular complexity index is 593. The SMILES string of the molecule is CON(C(=O)O)C1c2ccccc2-c2ccccc21. The number of hydroxylamine groups is 2. The van der Waals surface area contributed by atoms with Gasteiger partial charge in [-0.25, -0.2) is 4.79 Å². The number of nitrogens with zero attached hydrogens (tertiary/aromatic N) is 1. The highest BCUT2D eigenvalue weighted by molar-refractivity contribution is 5.80. The normalized spacial score (nSPS) is 12.9. The van der Waals surface area contributed by atoms with Crippen LogP contribution >= 0.6 is 0 Å². The van der Waals surface area contributed by atoms with Crippen LogP contribution in [0.15, 0.2) is 48.5 Å². The summed E-state index contributed by atoms with van der Waals surface area (Å²) in [6.07, 6.45) is -1.10. The molecule has 3 rings (SSSR count). The van der Waals surface area contributed by atoms with E-state index in [0.29, 0.717) is 0 Å². The largest absolute Gasteiger partial charge is 0.463 e. The zero-order chi connectivity index (χ0) is 13.4. The molecule has 0 fully saturated rings. The fourth-order valence-electron chi connectivity index (χ4n) is 2.68. The predicted molar refractivity (Wildman–Crippen MR) is 70.6 cm³/mol. The molecule has 0 heterocycles. The Hall–Kier alpha value is -2.33. The molecule has 19 heavy (non-hydrogen) atoms. The molecular weight excluding hydrogens is 242 g/mol. The first-order valence-corrected chi connectivity index (χ1v) is 5.98. The van der Waals surface area contributed by atoms with Gasteiger partial charge in [-0.2, -0.15) is 5.06 Å². The Balaban J connectivity index is 2.22. The van der Waals surface area contributed by atoms with E-state index in [-0.39, 0.29) is 0 Å². The number of carboxylic acid groups (broad SMARTS) is 1. The maximum absolute atomic E-state index is 11.3. The fraction of sp³-hybridized carbons (Fsp3) is 0.133. The lowest BCUT2D eigenvalue weighted by atomic mass is 10.1. The second-order valence-electron chi connectivity index (χ2n) is 4.37. The van der Waals surface area contributed by atoms with Crippen LogP contribution in [0.1, 0.15) is 17.2 Å². The van der Waals surface area contributed by atoms with Gasteiger partial charge in [0.1, 0.15) is 6.04 Å². The van der Waals surface area contributed by atoms with Crippen LogP contribution in [0.4, 0.5) is 4.79 Å². The maximum atomic E-state index is 11.3. The molecule has 96 valence electrons. The molecule has 0 aromatic heterocycles. The van der Waals surface area contributed by atoms with Gasteiger partial charge in [-0.15, -0.1) is 0 Å². The number of amides is 1. The van der Waals surface area contributed by atoms with Crippen LogP contribution < -0.4 is 0 Å². The smallest absolute Gasteiger partial charge is 0.432 e. The van der Waals surface area contributed by atoms with E-state index in [1.807, 2.05) is 48.5 Å². The minimum atomic E-state index is -1.10. The third-order valence-electron chi connectivity index (χ3n) is 3.42. The van der Waals surface area contributed by atoms with Crippen LogP contribution in [0, 0.1) is 0 Å². The van der Waals surface area contributed by atoms with Crippen LogP contribution in [0.5, 0.6) is 0 Å². The molecule has 0 radical (unpaired) electrons. The van der Waals surface area contributed by atoms with Crippen molar-refractivity contribution in [3.8, 4) is 11.1 Å². The molecule has 2 aromatic rings. The quantitative estimate of drug-likeness (QED) is 0.838. The lowest BCUT2D eigenvalue weighted by Crippen LogP contribution is -2.32. The average Bonchev–Trinajstić information content (AvgIpc) is 2.75. The second-order valence-corrected chi connectivity index (χ2v) is 4.37. The zero-order valence-corrected chi connectivity index (χ0v) is 10.4. The van der Waals surface area contributed by atoms with Crippen molar-refractivity contribution in [1.82, 2.24) is 5.06 Å². The summed E-state index contributed by atoms with van der Waals surface area (Å²) in [5.74, 6) is 0. The molecule has 1 N–H and O–H groups in total. The standard InChI is InChI=1S/C15H13NO3/c1-19-16(15(17)18)14-12-8-4-2-6-10(12)11-7-3-5-9-13(11)14/h2-9,14H,1H3,(H,17,18). The molecule has 0 saturated heterocycles. The van der Waals surface area contributed by atoms with Gasteiger partial charge in [0.2, 0.25) is 0 Å². The van der Waals surface area contributed by atoms with Gasteiger partial charge in [-0.1, -0.05) is 48.5 Å². The molecule has 0 aliphatic heterocycles.